The molecule has 0 aliphatic heterocycles. The van der Waals surface area contributed by atoms with Gasteiger partial charge in [-0.15, -0.1) is 0 Å². The normalized spacial score (nSPS) is 12.4. The Morgan fingerprint density at radius 2 is 0.929 bits per heavy atom. The van der Waals surface area contributed by atoms with E-state index in [0.717, 1.165) is 5.92 Å². The number of rotatable bonds is 19. The first-order valence-electron chi connectivity index (χ1n) is 12.9. The first kappa shape index (κ1) is 25.3. The molecule has 0 amide bonds. The second-order valence-corrected chi connectivity index (χ2v) is 9.01. The first-order chi connectivity index (χ1) is 13.8. The molecule has 0 heteroatoms. The van der Waals surface area contributed by atoms with E-state index in [9.17, 15) is 0 Å². The van der Waals surface area contributed by atoms with Gasteiger partial charge in [-0.2, -0.15) is 0 Å². The predicted molar refractivity (Wildman–Crippen MR) is 128 cm³/mol. The Balaban J connectivity index is 2.37. The number of hydrogen-bond acceptors (Lipinski definition) is 0. The molecule has 0 saturated heterocycles. The Labute approximate surface area is 177 Å². The summed E-state index contributed by atoms with van der Waals surface area (Å²) in [7, 11) is 0. The van der Waals surface area contributed by atoms with Gasteiger partial charge in [-0.1, -0.05) is 141 Å². The van der Waals surface area contributed by atoms with Gasteiger partial charge in [-0.05, 0) is 36.3 Å². The lowest BCUT2D eigenvalue weighted by atomic mass is 9.87. The molecule has 0 radical (unpaired) electrons. The quantitative estimate of drug-likeness (QED) is 0.207. The van der Waals surface area contributed by atoms with Crippen molar-refractivity contribution in [1.29, 1.82) is 0 Å². The molecule has 0 bridgehead atoms. The molecule has 1 rings (SSSR count). The third-order valence-corrected chi connectivity index (χ3v) is 6.30. The summed E-state index contributed by atoms with van der Waals surface area (Å²) < 4.78 is 0. The molecular weight excluding hydrogens is 336 g/mol. The summed E-state index contributed by atoms with van der Waals surface area (Å²) in [4.78, 5) is 0. The Bertz CT molecular complexity index is 430. The highest BCUT2D eigenvalue weighted by molar-refractivity contribution is 5.25. The number of unbranched alkanes of at least 4 members (excludes halogenated alkanes) is 12. The zero-order valence-corrected chi connectivity index (χ0v) is 19.6. The van der Waals surface area contributed by atoms with Crippen molar-refractivity contribution < 1.29 is 0 Å². The molecule has 28 heavy (non-hydrogen) atoms. The minimum Gasteiger partial charge on any atom is -0.0654 e. The van der Waals surface area contributed by atoms with Gasteiger partial charge in [-0.3, -0.25) is 0 Å². The van der Waals surface area contributed by atoms with Gasteiger partial charge in [0.15, 0.2) is 0 Å². The Kier molecular flexibility index (Phi) is 16.5. The molecule has 1 atom stereocenters. The molecule has 0 aromatic heterocycles. The van der Waals surface area contributed by atoms with E-state index in [1.807, 2.05) is 0 Å². The van der Waals surface area contributed by atoms with Gasteiger partial charge in [0.1, 0.15) is 0 Å². The monoisotopic (exact) mass is 386 g/mol. The molecule has 0 heterocycles. The van der Waals surface area contributed by atoms with Crippen LogP contribution < -0.4 is 0 Å². The van der Waals surface area contributed by atoms with Crippen molar-refractivity contribution in [2.45, 2.75) is 142 Å². The molecule has 0 saturated carbocycles. The van der Waals surface area contributed by atoms with Gasteiger partial charge in [0, 0.05) is 0 Å². The van der Waals surface area contributed by atoms with Crippen LogP contribution in [-0.4, -0.2) is 0 Å². The van der Waals surface area contributed by atoms with Crippen molar-refractivity contribution in [3.63, 3.8) is 0 Å². The lowest BCUT2D eigenvalue weighted by Crippen LogP contribution is -2.00. The van der Waals surface area contributed by atoms with Crippen molar-refractivity contribution >= 4 is 0 Å². The lowest BCUT2D eigenvalue weighted by molar-refractivity contribution is 0.484. The van der Waals surface area contributed by atoms with Crippen LogP contribution in [0.4, 0.5) is 0 Å². The highest BCUT2D eigenvalue weighted by Gasteiger charge is 2.11. The molecule has 162 valence electrons. The standard InChI is InChI=1S/C28H50/c1-4-7-9-11-13-14-16-18-21-27(20-17-15-12-10-8-5-2)28-24-22-26(19-6-3)23-25-28/h22-25,27H,4-21H2,1-3H3. The van der Waals surface area contributed by atoms with Gasteiger partial charge in [-0.25, -0.2) is 0 Å². The van der Waals surface area contributed by atoms with E-state index in [4.69, 9.17) is 0 Å². The molecule has 0 aliphatic carbocycles. The second kappa shape index (κ2) is 18.3. The maximum Gasteiger partial charge on any atom is -0.0162 e. The summed E-state index contributed by atoms with van der Waals surface area (Å²) in [5.41, 5.74) is 3.12. The molecule has 0 aliphatic rings. The fourth-order valence-electron chi connectivity index (χ4n) is 4.42. The van der Waals surface area contributed by atoms with Crippen LogP contribution in [-0.2, 0) is 6.42 Å². The first-order valence-corrected chi connectivity index (χ1v) is 12.9. The van der Waals surface area contributed by atoms with E-state index in [1.54, 1.807) is 5.56 Å². The van der Waals surface area contributed by atoms with Crippen LogP contribution in [0, 0.1) is 0 Å². The maximum absolute atomic E-state index is 2.44. The molecule has 0 nitrogen and oxygen atoms in total. The summed E-state index contributed by atoms with van der Waals surface area (Å²) in [6.45, 7) is 6.89. The molecular formula is C28H50. The average molecular weight is 387 g/mol. The van der Waals surface area contributed by atoms with Crippen LogP contribution in [0.1, 0.15) is 147 Å². The third-order valence-electron chi connectivity index (χ3n) is 6.30. The van der Waals surface area contributed by atoms with Crippen LogP contribution in [0.15, 0.2) is 24.3 Å². The summed E-state index contributed by atoms with van der Waals surface area (Å²) in [5, 5.41) is 0. The van der Waals surface area contributed by atoms with Gasteiger partial charge in [0.2, 0.25) is 0 Å². The topological polar surface area (TPSA) is 0 Å². The van der Waals surface area contributed by atoms with E-state index in [1.165, 1.54) is 121 Å². The number of hydrogen-bond donors (Lipinski definition) is 0. The molecule has 0 spiro atoms. The zero-order valence-electron chi connectivity index (χ0n) is 19.6. The van der Waals surface area contributed by atoms with E-state index in [0.29, 0.717) is 0 Å². The highest BCUT2D eigenvalue weighted by atomic mass is 14.2. The Morgan fingerprint density at radius 1 is 0.500 bits per heavy atom. The molecule has 1 aromatic rings. The van der Waals surface area contributed by atoms with Crippen LogP contribution in [0.3, 0.4) is 0 Å². The molecule has 0 fully saturated rings. The van der Waals surface area contributed by atoms with Gasteiger partial charge < -0.3 is 0 Å². The Hall–Kier alpha value is -0.780. The summed E-state index contributed by atoms with van der Waals surface area (Å²) in [6.07, 6.45) is 25.2. The van der Waals surface area contributed by atoms with Crippen molar-refractivity contribution in [3.05, 3.63) is 35.4 Å². The van der Waals surface area contributed by atoms with E-state index in [-0.39, 0.29) is 0 Å². The predicted octanol–water partition coefficient (Wildman–Crippen LogP) is 10.0. The number of aryl methyl sites for hydroxylation is 1. The van der Waals surface area contributed by atoms with Crippen molar-refractivity contribution in [2.75, 3.05) is 0 Å². The van der Waals surface area contributed by atoms with Gasteiger partial charge in [0.25, 0.3) is 0 Å². The van der Waals surface area contributed by atoms with Crippen molar-refractivity contribution in [1.82, 2.24) is 0 Å². The van der Waals surface area contributed by atoms with Crippen LogP contribution in [0.2, 0.25) is 0 Å². The minimum absolute atomic E-state index is 0.793. The fourth-order valence-corrected chi connectivity index (χ4v) is 4.42. The highest BCUT2D eigenvalue weighted by Crippen LogP contribution is 2.29. The minimum atomic E-state index is 0.793. The SMILES string of the molecule is CCCCCCCCCCC(CCCCCCCC)c1ccc(CCC)cc1. The van der Waals surface area contributed by atoms with Crippen LogP contribution in [0.25, 0.3) is 0 Å². The molecule has 0 N–H and O–H groups in total. The largest absolute Gasteiger partial charge is 0.0654 e. The number of benzene rings is 1. The fraction of sp³-hybridized carbons (Fsp3) is 0.786. The van der Waals surface area contributed by atoms with Crippen LogP contribution in [0.5, 0.6) is 0 Å². The lowest BCUT2D eigenvalue weighted by Gasteiger charge is -2.18. The zero-order chi connectivity index (χ0) is 20.3. The summed E-state index contributed by atoms with van der Waals surface area (Å²) >= 11 is 0. The van der Waals surface area contributed by atoms with E-state index >= 15 is 0 Å². The van der Waals surface area contributed by atoms with Crippen molar-refractivity contribution in [2.24, 2.45) is 0 Å². The molecule has 1 aromatic carbocycles. The van der Waals surface area contributed by atoms with Gasteiger partial charge >= 0.3 is 0 Å². The third kappa shape index (κ3) is 12.6. The molecule has 1 unspecified atom stereocenters. The average Bonchev–Trinajstić information content (AvgIpc) is 2.72. The van der Waals surface area contributed by atoms with Crippen LogP contribution >= 0.6 is 0 Å². The van der Waals surface area contributed by atoms with Gasteiger partial charge in [0.05, 0.1) is 0 Å². The summed E-state index contributed by atoms with van der Waals surface area (Å²) in [5.74, 6) is 0.793. The summed E-state index contributed by atoms with van der Waals surface area (Å²) in [6, 6.07) is 9.66. The smallest absolute Gasteiger partial charge is 0.0162 e. The Morgan fingerprint density at radius 3 is 1.36 bits per heavy atom. The van der Waals surface area contributed by atoms with Crippen molar-refractivity contribution in [3.8, 4) is 0 Å². The van der Waals surface area contributed by atoms with E-state index < -0.39 is 0 Å². The maximum atomic E-state index is 2.44. The van der Waals surface area contributed by atoms with E-state index in [2.05, 4.69) is 45.0 Å². The second-order valence-electron chi connectivity index (χ2n) is 9.01.